The highest BCUT2D eigenvalue weighted by atomic mass is 16.5. The number of hydrogen-bond donors (Lipinski definition) is 2. The first-order valence-corrected chi connectivity index (χ1v) is 7.80. The van der Waals surface area contributed by atoms with Gasteiger partial charge in [-0.05, 0) is 43.3 Å². The molecule has 2 rings (SSSR count). The average Bonchev–Trinajstić information content (AvgIpc) is 2.62. The molecule has 0 aliphatic rings. The number of phenolic OH excluding ortho intramolecular Hbond substituents is 2. The van der Waals surface area contributed by atoms with Gasteiger partial charge in [0.25, 0.3) is 0 Å². The van der Waals surface area contributed by atoms with Gasteiger partial charge in [0, 0.05) is 23.6 Å². The van der Waals surface area contributed by atoms with E-state index in [1.165, 1.54) is 0 Å². The summed E-state index contributed by atoms with van der Waals surface area (Å²) in [6, 6.07) is 9.82. The minimum Gasteiger partial charge on any atom is -0.507 e. The third-order valence-electron chi connectivity index (χ3n) is 3.54. The highest BCUT2D eigenvalue weighted by Gasteiger charge is 2.03. The summed E-state index contributed by atoms with van der Waals surface area (Å²) < 4.78 is 10.3. The molecule has 0 bridgehead atoms. The second-order valence-corrected chi connectivity index (χ2v) is 5.47. The van der Waals surface area contributed by atoms with Gasteiger partial charge in [0.2, 0.25) is 0 Å². The Hall–Kier alpha value is -3.02. The fraction of sp³-hybridized carbons (Fsp3) is 0.263. The Bertz CT molecular complexity index is 772. The van der Waals surface area contributed by atoms with Crippen LogP contribution in [0.2, 0.25) is 0 Å². The fourth-order valence-corrected chi connectivity index (χ4v) is 2.08. The fourth-order valence-electron chi connectivity index (χ4n) is 2.08. The van der Waals surface area contributed by atoms with Gasteiger partial charge in [-0.25, -0.2) is 0 Å². The molecule has 2 aromatic carbocycles. The Morgan fingerprint density at radius 1 is 0.920 bits per heavy atom. The second kappa shape index (κ2) is 8.73. The van der Waals surface area contributed by atoms with E-state index in [-0.39, 0.29) is 17.5 Å². The van der Waals surface area contributed by atoms with Gasteiger partial charge in [0.05, 0.1) is 26.8 Å². The summed E-state index contributed by atoms with van der Waals surface area (Å²) in [5.74, 6) is 1.58. The summed E-state index contributed by atoms with van der Waals surface area (Å²) in [6.45, 7) is 2.36. The van der Waals surface area contributed by atoms with Gasteiger partial charge in [-0.15, -0.1) is 0 Å². The standard InChI is InChI=1S/C19H22N2O4/c1-13(21-12-15-9-17(25-3)5-7-19(15)23)10-20-11-14-8-16(24-2)4-6-18(14)22/h4-9,11-13,22-23H,10H2,1-3H3/t13-/m1/s1. The van der Waals surface area contributed by atoms with Crippen molar-refractivity contribution in [3.8, 4) is 23.0 Å². The summed E-state index contributed by atoms with van der Waals surface area (Å²) in [7, 11) is 3.14. The molecule has 0 unspecified atom stereocenters. The maximum absolute atomic E-state index is 9.83. The predicted molar refractivity (Wildman–Crippen MR) is 98.8 cm³/mol. The largest absolute Gasteiger partial charge is 0.507 e. The van der Waals surface area contributed by atoms with Gasteiger partial charge in [-0.2, -0.15) is 0 Å². The van der Waals surface area contributed by atoms with Crippen molar-refractivity contribution in [3.63, 3.8) is 0 Å². The Labute approximate surface area is 147 Å². The molecule has 132 valence electrons. The number of phenols is 2. The molecule has 0 heterocycles. The number of aromatic hydroxyl groups is 2. The van der Waals surface area contributed by atoms with E-state index >= 15 is 0 Å². The molecule has 0 aromatic heterocycles. The number of hydrogen-bond acceptors (Lipinski definition) is 6. The van der Waals surface area contributed by atoms with Crippen molar-refractivity contribution in [1.82, 2.24) is 0 Å². The van der Waals surface area contributed by atoms with E-state index in [0.717, 1.165) is 0 Å². The van der Waals surface area contributed by atoms with E-state index in [1.807, 2.05) is 6.92 Å². The molecule has 2 aromatic rings. The van der Waals surface area contributed by atoms with E-state index in [2.05, 4.69) is 9.98 Å². The van der Waals surface area contributed by atoms with E-state index < -0.39 is 0 Å². The molecule has 6 nitrogen and oxygen atoms in total. The van der Waals surface area contributed by atoms with Crippen molar-refractivity contribution in [2.24, 2.45) is 9.98 Å². The third kappa shape index (κ3) is 5.24. The first kappa shape index (κ1) is 18.3. The van der Waals surface area contributed by atoms with Crippen LogP contribution in [-0.4, -0.2) is 49.4 Å². The summed E-state index contributed by atoms with van der Waals surface area (Å²) in [6.07, 6.45) is 3.19. The van der Waals surface area contributed by atoms with Crippen LogP contribution in [0, 0.1) is 0 Å². The lowest BCUT2D eigenvalue weighted by Gasteiger charge is -2.05. The monoisotopic (exact) mass is 342 g/mol. The smallest absolute Gasteiger partial charge is 0.124 e. The predicted octanol–water partition coefficient (Wildman–Crippen LogP) is 3.04. The lowest BCUT2D eigenvalue weighted by atomic mass is 10.2. The van der Waals surface area contributed by atoms with Crippen molar-refractivity contribution in [2.45, 2.75) is 13.0 Å². The number of benzene rings is 2. The molecule has 0 amide bonds. The number of ether oxygens (including phenoxy) is 2. The van der Waals surface area contributed by atoms with Crippen LogP contribution in [0.5, 0.6) is 23.0 Å². The van der Waals surface area contributed by atoms with Crippen LogP contribution >= 0.6 is 0 Å². The molecule has 0 spiro atoms. The van der Waals surface area contributed by atoms with Gasteiger partial charge in [0.1, 0.15) is 23.0 Å². The Morgan fingerprint density at radius 2 is 1.44 bits per heavy atom. The molecule has 0 aliphatic carbocycles. The Morgan fingerprint density at radius 3 is 1.96 bits per heavy atom. The third-order valence-corrected chi connectivity index (χ3v) is 3.54. The van der Waals surface area contributed by atoms with Crippen LogP contribution in [0.4, 0.5) is 0 Å². The van der Waals surface area contributed by atoms with E-state index in [1.54, 1.807) is 63.0 Å². The van der Waals surface area contributed by atoms with Crippen molar-refractivity contribution in [1.29, 1.82) is 0 Å². The zero-order valence-corrected chi connectivity index (χ0v) is 14.5. The van der Waals surface area contributed by atoms with Crippen molar-refractivity contribution < 1.29 is 19.7 Å². The number of methoxy groups -OCH3 is 2. The van der Waals surface area contributed by atoms with Crippen LogP contribution in [-0.2, 0) is 0 Å². The highest BCUT2D eigenvalue weighted by molar-refractivity contribution is 5.85. The van der Waals surface area contributed by atoms with Crippen molar-refractivity contribution in [3.05, 3.63) is 47.5 Å². The molecule has 0 fully saturated rings. The summed E-state index contributed by atoms with van der Waals surface area (Å²) in [4.78, 5) is 8.68. The van der Waals surface area contributed by atoms with Crippen molar-refractivity contribution in [2.75, 3.05) is 20.8 Å². The minimum absolute atomic E-state index is 0.0883. The Kier molecular flexibility index (Phi) is 6.39. The lowest BCUT2D eigenvalue weighted by Crippen LogP contribution is -2.04. The number of aliphatic imine (C=N–C) groups is 2. The molecule has 0 aliphatic heterocycles. The first-order chi connectivity index (χ1) is 12.0. The quantitative estimate of drug-likeness (QED) is 0.758. The van der Waals surface area contributed by atoms with Gasteiger partial charge in [-0.1, -0.05) is 0 Å². The van der Waals surface area contributed by atoms with Gasteiger partial charge >= 0.3 is 0 Å². The molecule has 6 heteroatoms. The van der Waals surface area contributed by atoms with E-state index in [9.17, 15) is 10.2 Å². The van der Waals surface area contributed by atoms with Gasteiger partial charge < -0.3 is 19.7 Å². The molecule has 1 atom stereocenters. The van der Waals surface area contributed by atoms with Crippen LogP contribution in [0.3, 0.4) is 0 Å². The SMILES string of the molecule is COc1ccc(O)c(C=NC[C@@H](C)N=Cc2cc(OC)ccc2O)c1. The zero-order chi connectivity index (χ0) is 18.2. The Balaban J connectivity index is 2.00. The molecule has 0 saturated carbocycles. The van der Waals surface area contributed by atoms with Crippen molar-refractivity contribution >= 4 is 12.4 Å². The molecular weight excluding hydrogens is 320 g/mol. The maximum atomic E-state index is 9.83. The lowest BCUT2D eigenvalue weighted by molar-refractivity contribution is 0.412. The van der Waals surface area contributed by atoms with Gasteiger partial charge in [-0.3, -0.25) is 9.98 Å². The molecular formula is C19H22N2O4. The molecule has 0 radical (unpaired) electrons. The normalized spacial score (nSPS) is 12.6. The second-order valence-electron chi connectivity index (χ2n) is 5.47. The van der Waals surface area contributed by atoms with Gasteiger partial charge in [0.15, 0.2) is 0 Å². The average molecular weight is 342 g/mol. The number of rotatable bonds is 7. The molecule has 2 N–H and O–H groups in total. The molecule has 0 saturated heterocycles. The summed E-state index contributed by atoms with van der Waals surface area (Å²) >= 11 is 0. The van der Waals surface area contributed by atoms with E-state index in [4.69, 9.17) is 9.47 Å². The van der Waals surface area contributed by atoms with E-state index in [0.29, 0.717) is 29.2 Å². The first-order valence-electron chi connectivity index (χ1n) is 7.80. The van der Waals surface area contributed by atoms with Crippen LogP contribution in [0.25, 0.3) is 0 Å². The summed E-state index contributed by atoms with van der Waals surface area (Å²) in [5, 5.41) is 19.6. The maximum Gasteiger partial charge on any atom is 0.124 e. The van der Waals surface area contributed by atoms with Crippen LogP contribution in [0.1, 0.15) is 18.1 Å². The summed E-state index contributed by atoms with van der Waals surface area (Å²) in [5.41, 5.74) is 1.17. The highest BCUT2D eigenvalue weighted by Crippen LogP contribution is 2.22. The number of nitrogens with zero attached hydrogens (tertiary/aromatic N) is 2. The zero-order valence-electron chi connectivity index (χ0n) is 14.5. The van der Waals surface area contributed by atoms with Crippen LogP contribution < -0.4 is 9.47 Å². The topological polar surface area (TPSA) is 83.6 Å². The minimum atomic E-state index is -0.0883. The molecule has 25 heavy (non-hydrogen) atoms. The van der Waals surface area contributed by atoms with Crippen LogP contribution in [0.15, 0.2) is 46.4 Å².